The number of rotatable bonds is 6. The highest BCUT2D eigenvalue weighted by Crippen LogP contribution is 2.22. The lowest BCUT2D eigenvalue weighted by Crippen LogP contribution is -2.12. The van der Waals surface area contributed by atoms with Gasteiger partial charge >= 0.3 is 0 Å². The molecule has 1 aromatic carbocycles. The van der Waals surface area contributed by atoms with Crippen molar-refractivity contribution in [2.75, 3.05) is 5.75 Å². The summed E-state index contributed by atoms with van der Waals surface area (Å²) in [6.07, 6.45) is 2.65. The van der Waals surface area contributed by atoms with Crippen LogP contribution in [0.4, 0.5) is 0 Å². The number of aryl methyl sites for hydroxylation is 1. The summed E-state index contributed by atoms with van der Waals surface area (Å²) in [6.45, 7) is 2.84. The molecule has 0 saturated heterocycles. The molecule has 2 rings (SSSR count). The minimum atomic E-state index is 0.103. The maximum Gasteiger partial charge on any atom is 0.192 e. The number of ketones is 1. The van der Waals surface area contributed by atoms with Crippen LogP contribution in [0.2, 0.25) is 0 Å². The van der Waals surface area contributed by atoms with Gasteiger partial charge in [-0.25, -0.2) is 0 Å². The average molecular weight is 339 g/mol. The molecule has 5 heteroatoms. The maximum absolute atomic E-state index is 12.3. The second-order valence-corrected chi connectivity index (χ2v) is 5.99. The molecule has 0 atom stereocenters. The van der Waals surface area contributed by atoms with Crippen LogP contribution in [-0.2, 0) is 6.54 Å². The average Bonchev–Trinajstić information content (AvgIpc) is 2.79. The second kappa shape index (κ2) is 6.91. The molecule has 0 bridgehead atoms. The molecule has 100 valence electrons. The number of halogens is 1. The Morgan fingerprint density at radius 1 is 1.37 bits per heavy atom. The van der Waals surface area contributed by atoms with Crippen LogP contribution in [0.15, 0.2) is 45.9 Å². The first-order chi connectivity index (χ1) is 9.22. The zero-order valence-corrected chi connectivity index (χ0v) is 13.1. The molecule has 3 nitrogen and oxygen atoms in total. The predicted molar refractivity (Wildman–Crippen MR) is 81.7 cm³/mol. The van der Waals surface area contributed by atoms with Gasteiger partial charge < -0.3 is 0 Å². The van der Waals surface area contributed by atoms with Gasteiger partial charge in [-0.3, -0.25) is 9.48 Å². The van der Waals surface area contributed by atoms with E-state index in [2.05, 4.69) is 28.0 Å². The molecule has 0 aliphatic heterocycles. The lowest BCUT2D eigenvalue weighted by molar-refractivity contribution is 0.101. The van der Waals surface area contributed by atoms with Crippen molar-refractivity contribution in [1.82, 2.24) is 9.78 Å². The number of Topliss-reactive ketones (excluding diaryl/α,β-unsaturated/α-hetero) is 1. The Labute approximate surface area is 125 Å². The molecule has 0 aliphatic rings. The summed E-state index contributed by atoms with van der Waals surface area (Å²) in [6, 6.07) is 9.94. The smallest absolute Gasteiger partial charge is 0.192 e. The fourth-order valence-electron chi connectivity index (χ4n) is 1.75. The molecule has 0 spiro atoms. The van der Waals surface area contributed by atoms with Gasteiger partial charge in [0.2, 0.25) is 0 Å². The molecule has 1 heterocycles. The van der Waals surface area contributed by atoms with Crippen LogP contribution in [0.3, 0.4) is 0 Å². The molecule has 0 amide bonds. The van der Waals surface area contributed by atoms with E-state index in [1.54, 1.807) is 22.6 Å². The van der Waals surface area contributed by atoms with E-state index in [1.807, 2.05) is 30.3 Å². The third-order valence-corrected chi connectivity index (χ3v) is 4.20. The van der Waals surface area contributed by atoms with Gasteiger partial charge in [-0.15, -0.1) is 11.8 Å². The number of hydrogen-bond donors (Lipinski definition) is 0. The summed E-state index contributed by atoms with van der Waals surface area (Å²) in [5.41, 5.74) is 0.672. The van der Waals surface area contributed by atoms with Crippen LogP contribution in [0.5, 0.6) is 0 Å². The molecular weight excluding hydrogens is 324 g/mol. The van der Waals surface area contributed by atoms with Crippen LogP contribution < -0.4 is 0 Å². The Bertz CT molecular complexity index is 554. The molecule has 0 aliphatic carbocycles. The van der Waals surface area contributed by atoms with E-state index in [1.165, 1.54) is 0 Å². The quantitative estimate of drug-likeness (QED) is 0.589. The van der Waals surface area contributed by atoms with E-state index in [0.717, 1.165) is 22.3 Å². The zero-order valence-electron chi connectivity index (χ0n) is 10.7. The molecular formula is C14H15BrN2OS. The van der Waals surface area contributed by atoms with Gasteiger partial charge in [0.25, 0.3) is 0 Å². The minimum absolute atomic E-state index is 0.103. The summed E-state index contributed by atoms with van der Waals surface area (Å²) < 4.78 is 2.55. The fraction of sp³-hybridized carbons (Fsp3) is 0.286. The lowest BCUT2D eigenvalue weighted by atomic mass is 10.3. The van der Waals surface area contributed by atoms with Gasteiger partial charge in [0.15, 0.2) is 5.78 Å². The Balaban J connectivity index is 2.06. The van der Waals surface area contributed by atoms with E-state index in [4.69, 9.17) is 0 Å². The summed E-state index contributed by atoms with van der Waals surface area (Å²) >= 11 is 4.95. The van der Waals surface area contributed by atoms with Crippen LogP contribution in [0, 0.1) is 0 Å². The molecule has 2 aromatic rings. The molecule has 0 unspecified atom stereocenters. The van der Waals surface area contributed by atoms with Crippen LogP contribution in [-0.4, -0.2) is 21.3 Å². The van der Waals surface area contributed by atoms with E-state index < -0.39 is 0 Å². The van der Waals surface area contributed by atoms with E-state index in [0.29, 0.717) is 11.4 Å². The summed E-state index contributed by atoms with van der Waals surface area (Å²) in [7, 11) is 0. The van der Waals surface area contributed by atoms with Gasteiger partial charge in [0.05, 0.1) is 16.4 Å². The molecule has 0 N–H and O–H groups in total. The van der Waals surface area contributed by atoms with E-state index in [-0.39, 0.29) is 5.78 Å². The number of nitrogens with zero attached hydrogens (tertiary/aromatic N) is 2. The minimum Gasteiger partial charge on any atom is -0.291 e. The third kappa shape index (κ3) is 3.70. The fourth-order valence-corrected chi connectivity index (χ4v) is 3.06. The Kier molecular flexibility index (Phi) is 5.22. The highest BCUT2D eigenvalue weighted by atomic mass is 79.9. The largest absolute Gasteiger partial charge is 0.291 e. The molecule has 1 aromatic heterocycles. The number of carbonyl (C=O) groups is 1. The van der Waals surface area contributed by atoms with Gasteiger partial charge in [-0.1, -0.05) is 25.1 Å². The van der Waals surface area contributed by atoms with Gasteiger partial charge in [-0.05, 0) is 34.5 Å². The number of aromatic nitrogens is 2. The summed E-state index contributed by atoms with van der Waals surface area (Å²) in [4.78, 5) is 13.4. The van der Waals surface area contributed by atoms with Crippen molar-refractivity contribution < 1.29 is 4.79 Å². The first-order valence-corrected chi connectivity index (χ1v) is 7.92. The summed E-state index contributed by atoms with van der Waals surface area (Å²) in [5, 5.41) is 4.22. The number of benzene rings is 1. The monoisotopic (exact) mass is 338 g/mol. The van der Waals surface area contributed by atoms with Crippen LogP contribution >= 0.6 is 27.7 Å². The Morgan fingerprint density at radius 2 is 2.11 bits per heavy atom. The normalized spacial score (nSPS) is 10.6. The molecule has 0 fully saturated rings. The third-order valence-electron chi connectivity index (χ3n) is 2.61. The van der Waals surface area contributed by atoms with Crippen molar-refractivity contribution in [3.63, 3.8) is 0 Å². The maximum atomic E-state index is 12.3. The Hall–Kier alpha value is -1.07. The number of hydrogen-bond acceptors (Lipinski definition) is 3. The van der Waals surface area contributed by atoms with Crippen molar-refractivity contribution in [2.45, 2.75) is 24.8 Å². The Morgan fingerprint density at radius 3 is 2.79 bits per heavy atom. The first kappa shape index (κ1) is 14.3. The van der Waals surface area contributed by atoms with Crippen molar-refractivity contribution in [3.8, 4) is 0 Å². The van der Waals surface area contributed by atoms with E-state index in [9.17, 15) is 4.79 Å². The van der Waals surface area contributed by atoms with Gasteiger partial charge in [0.1, 0.15) is 5.69 Å². The van der Waals surface area contributed by atoms with Crippen molar-refractivity contribution in [1.29, 1.82) is 0 Å². The SMILES string of the molecule is CCCn1ncc(Br)c1C(=O)CSc1ccccc1. The predicted octanol–water partition coefficient (Wildman–Crippen LogP) is 4.03. The van der Waals surface area contributed by atoms with Gasteiger partial charge in [0, 0.05) is 11.4 Å². The molecule has 19 heavy (non-hydrogen) atoms. The van der Waals surface area contributed by atoms with Crippen molar-refractivity contribution in [2.24, 2.45) is 0 Å². The first-order valence-electron chi connectivity index (χ1n) is 6.14. The summed E-state index contributed by atoms with van der Waals surface area (Å²) in [5.74, 6) is 0.532. The van der Waals surface area contributed by atoms with Crippen molar-refractivity contribution >= 4 is 33.5 Å². The molecule has 0 radical (unpaired) electrons. The number of thioether (sulfide) groups is 1. The number of carbonyl (C=O) groups excluding carboxylic acids is 1. The lowest BCUT2D eigenvalue weighted by Gasteiger charge is -2.06. The molecule has 0 saturated carbocycles. The highest BCUT2D eigenvalue weighted by molar-refractivity contribution is 9.10. The standard InChI is InChI=1S/C14H15BrN2OS/c1-2-8-17-14(12(15)9-16-17)13(18)10-19-11-6-4-3-5-7-11/h3-7,9H,2,8,10H2,1H3. The van der Waals surface area contributed by atoms with Crippen LogP contribution in [0.1, 0.15) is 23.8 Å². The second-order valence-electron chi connectivity index (χ2n) is 4.09. The van der Waals surface area contributed by atoms with Crippen molar-refractivity contribution in [3.05, 3.63) is 46.7 Å². The van der Waals surface area contributed by atoms with Crippen LogP contribution in [0.25, 0.3) is 0 Å². The topological polar surface area (TPSA) is 34.9 Å². The zero-order chi connectivity index (χ0) is 13.7. The van der Waals surface area contributed by atoms with Gasteiger partial charge in [-0.2, -0.15) is 5.10 Å². The highest BCUT2D eigenvalue weighted by Gasteiger charge is 2.16. The van der Waals surface area contributed by atoms with E-state index >= 15 is 0 Å².